The molecule has 1 atom stereocenters. The van der Waals surface area contributed by atoms with E-state index >= 15 is 0 Å². The number of hydrogen-bond acceptors (Lipinski definition) is 9. The fourth-order valence-electron chi connectivity index (χ4n) is 3.86. The van der Waals surface area contributed by atoms with Gasteiger partial charge in [-0.15, -0.1) is 0 Å². The maximum atomic E-state index is 12.4. The molecule has 0 aliphatic carbocycles. The molecule has 0 bridgehead atoms. The van der Waals surface area contributed by atoms with Crippen molar-refractivity contribution in [3.63, 3.8) is 0 Å². The van der Waals surface area contributed by atoms with Crippen LogP contribution in [0.2, 0.25) is 0 Å². The molecule has 4 aromatic rings. The number of carbonyl (C=O) groups is 1. The molecule has 0 radical (unpaired) electrons. The number of methoxy groups -OCH3 is 1. The second-order valence-electron chi connectivity index (χ2n) is 7.66. The zero-order chi connectivity index (χ0) is 22.5. The van der Waals surface area contributed by atoms with Crippen molar-refractivity contribution in [2.24, 2.45) is 0 Å². The van der Waals surface area contributed by atoms with E-state index in [1.807, 2.05) is 24.3 Å². The van der Waals surface area contributed by atoms with Crippen molar-refractivity contribution in [3.05, 3.63) is 48.5 Å². The normalized spacial score (nSPS) is 18.5. The van der Waals surface area contributed by atoms with Gasteiger partial charge < -0.3 is 25.0 Å². The summed E-state index contributed by atoms with van der Waals surface area (Å²) in [5, 5.41) is 14.9. The highest BCUT2D eigenvalue weighted by Gasteiger charge is 2.48. The number of nitrogens with two attached hydrogens (primary N) is 1. The minimum absolute atomic E-state index is 0.127. The highest BCUT2D eigenvalue weighted by molar-refractivity contribution is 5.91. The van der Waals surface area contributed by atoms with E-state index in [9.17, 15) is 9.90 Å². The Morgan fingerprint density at radius 1 is 1.16 bits per heavy atom. The zero-order valence-electron chi connectivity index (χ0n) is 17.4. The van der Waals surface area contributed by atoms with Crippen molar-refractivity contribution in [1.29, 1.82) is 0 Å². The van der Waals surface area contributed by atoms with E-state index in [2.05, 4.69) is 20.1 Å². The van der Waals surface area contributed by atoms with Crippen LogP contribution in [-0.2, 0) is 10.4 Å². The van der Waals surface area contributed by atoms with E-state index in [1.54, 1.807) is 26.3 Å². The van der Waals surface area contributed by atoms with Crippen LogP contribution in [0.3, 0.4) is 0 Å². The van der Waals surface area contributed by atoms with Gasteiger partial charge in [0.2, 0.25) is 5.60 Å². The molecule has 1 aromatic carbocycles. The molecule has 1 unspecified atom stereocenters. The second-order valence-corrected chi connectivity index (χ2v) is 7.66. The van der Waals surface area contributed by atoms with Gasteiger partial charge in [-0.2, -0.15) is 0 Å². The number of aliphatic hydroxyl groups is 1. The van der Waals surface area contributed by atoms with Gasteiger partial charge in [0.05, 0.1) is 12.8 Å². The van der Waals surface area contributed by atoms with Crippen LogP contribution >= 0.6 is 0 Å². The summed E-state index contributed by atoms with van der Waals surface area (Å²) in [4.78, 5) is 26.7. The number of benzene rings is 1. The highest BCUT2D eigenvalue weighted by atomic mass is 16.5. The van der Waals surface area contributed by atoms with Crippen LogP contribution in [0.5, 0.6) is 5.75 Å². The summed E-state index contributed by atoms with van der Waals surface area (Å²) in [6.07, 6.45) is 1.62. The molecule has 1 fully saturated rings. The molecule has 0 saturated carbocycles. The number of aromatic nitrogens is 4. The third-order valence-corrected chi connectivity index (χ3v) is 5.69. The predicted octanol–water partition coefficient (Wildman–Crippen LogP) is 1.99. The van der Waals surface area contributed by atoms with Gasteiger partial charge in [0.15, 0.2) is 11.6 Å². The standard InChI is InChI=1S/C22H20N6O4/c1-28-7-6-22(30,21(28)29)17-10-15(27-32-17)13-5-3-4-12(8-13)14-9-16(31-2)18-19(26-14)20(23)25-11-24-18/h3-5,8-11,30H,6-7H2,1-2H3,(H2,23,24,25). The number of nitrogen functional groups attached to an aromatic ring is 1. The minimum Gasteiger partial charge on any atom is -0.494 e. The summed E-state index contributed by atoms with van der Waals surface area (Å²) in [7, 11) is 3.19. The molecule has 5 rings (SSSR count). The van der Waals surface area contributed by atoms with Gasteiger partial charge in [0.1, 0.15) is 28.8 Å². The number of pyridine rings is 1. The summed E-state index contributed by atoms with van der Waals surface area (Å²) < 4.78 is 10.8. The molecule has 162 valence electrons. The van der Waals surface area contributed by atoms with Crippen molar-refractivity contribution in [3.8, 4) is 28.3 Å². The fraction of sp³-hybridized carbons (Fsp3) is 0.227. The summed E-state index contributed by atoms with van der Waals surface area (Å²) in [5.41, 5.74) is 7.91. The largest absolute Gasteiger partial charge is 0.494 e. The van der Waals surface area contributed by atoms with Crippen LogP contribution < -0.4 is 10.5 Å². The van der Waals surface area contributed by atoms with Crippen molar-refractivity contribution in [2.45, 2.75) is 12.0 Å². The molecular weight excluding hydrogens is 412 g/mol. The van der Waals surface area contributed by atoms with E-state index in [0.717, 1.165) is 11.1 Å². The average molecular weight is 432 g/mol. The number of likely N-dealkylation sites (tertiary alicyclic amines) is 1. The Labute approximate surface area is 182 Å². The van der Waals surface area contributed by atoms with Gasteiger partial charge >= 0.3 is 0 Å². The predicted molar refractivity (Wildman–Crippen MR) is 115 cm³/mol. The van der Waals surface area contributed by atoms with Crippen LogP contribution in [0, 0.1) is 0 Å². The molecule has 0 spiro atoms. The number of rotatable bonds is 4. The Hall–Kier alpha value is -4.05. The van der Waals surface area contributed by atoms with Crippen LogP contribution in [0.1, 0.15) is 12.2 Å². The maximum absolute atomic E-state index is 12.4. The topological polar surface area (TPSA) is 140 Å². The Kier molecular flexibility index (Phi) is 4.52. The molecule has 1 amide bonds. The Morgan fingerprint density at radius 3 is 2.66 bits per heavy atom. The maximum Gasteiger partial charge on any atom is 0.262 e. The van der Waals surface area contributed by atoms with E-state index < -0.39 is 11.5 Å². The molecule has 10 heteroatoms. The molecule has 3 N–H and O–H groups in total. The quantitative estimate of drug-likeness (QED) is 0.495. The summed E-state index contributed by atoms with van der Waals surface area (Å²) >= 11 is 0. The SMILES string of the molecule is COc1cc(-c2cccc(-c3cc(C4(O)CCN(C)C4=O)on3)c2)nc2c(N)ncnc12. The number of carbonyl (C=O) groups excluding carboxylic acids is 1. The first-order valence-corrected chi connectivity index (χ1v) is 9.92. The number of likely N-dealkylation sites (N-methyl/N-ethyl adjacent to an activating group) is 1. The lowest BCUT2D eigenvalue weighted by atomic mass is 9.97. The number of nitrogens with zero attached hydrogens (tertiary/aromatic N) is 5. The van der Waals surface area contributed by atoms with Crippen molar-refractivity contribution < 1.29 is 19.2 Å². The molecule has 1 aliphatic heterocycles. The van der Waals surface area contributed by atoms with Gasteiger partial charge in [-0.3, -0.25) is 4.79 Å². The van der Waals surface area contributed by atoms with Gasteiger partial charge in [0, 0.05) is 43.3 Å². The third kappa shape index (κ3) is 3.04. The number of amides is 1. The van der Waals surface area contributed by atoms with Crippen molar-refractivity contribution >= 4 is 22.8 Å². The lowest BCUT2D eigenvalue weighted by Crippen LogP contribution is -2.35. The van der Waals surface area contributed by atoms with E-state index in [-0.39, 0.29) is 18.0 Å². The van der Waals surface area contributed by atoms with Crippen LogP contribution in [0.25, 0.3) is 33.5 Å². The zero-order valence-corrected chi connectivity index (χ0v) is 17.4. The summed E-state index contributed by atoms with van der Waals surface area (Å²) in [6.45, 7) is 0.448. The number of anilines is 1. The van der Waals surface area contributed by atoms with E-state index in [0.29, 0.717) is 34.7 Å². The molecular formula is C22H20N6O4. The lowest BCUT2D eigenvalue weighted by molar-refractivity contribution is -0.144. The van der Waals surface area contributed by atoms with Crippen LogP contribution in [-0.4, -0.2) is 56.7 Å². The van der Waals surface area contributed by atoms with E-state index in [4.69, 9.17) is 15.0 Å². The molecule has 1 saturated heterocycles. The second kappa shape index (κ2) is 7.27. The molecule has 32 heavy (non-hydrogen) atoms. The molecule has 10 nitrogen and oxygen atoms in total. The highest BCUT2D eigenvalue weighted by Crippen LogP contribution is 2.36. The van der Waals surface area contributed by atoms with Gasteiger partial charge in [0.25, 0.3) is 5.91 Å². The number of ether oxygens (including phenoxy) is 1. The lowest BCUT2D eigenvalue weighted by Gasteiger charge is -2.16. The van der Waals surface area contributed by atoms with Gasteiger partial charge in [-0.25, -0.2) is 15.0 Å². The van der Waals surface area contributed by atoms with Gasteiger partial charge in [-0.05, 0) is 6.07 Å². The van der Waals surface area contributed by atoms with Gasteiger partial charge in [-0.1, -0.05) is 23.4 Å². The monoisotopic (exact) mass is 432 g/mol. The first-order valence-electron chi connectivity index (χ1n) is 9.92. The first-order chi connectivity index (χ1) is 15.4. The smallest absolute Gasteiger partial charge is 0.262 e. The van der Waals surface area contributed by atoms with Crippen molar-refractivity contribution in [2.75, 3.05) is 26.4 Å². The Balaban J connectivity index is 1.55. The third-order valence-electron chi connectivity index (χ3n) is 5.69. The first kappa shape index (κ1) is 19.9. The Bertz CT molecular complexity index is 1350. The number of hydrogen-bond donors (Lipinski definition) is 2. The number of fused-ring (bicyclic) bond motifs is 1. The van der Waals surface area contributed by atoms with Crippen molar-refractivity contribution in [1.82, 2.24) is 25.0 Å². The Morgan fingerprint density at radius 2 is 1.94 bits per heavy atom. The average Bonchev–Trinajstić information content (AvgIpc) is 3.41. The molecule has 1 aliphatic rings. The van der Waals surface area contributed by atoms with E-state index in [1.165, 1.54) is 11.2 Å². The minimum atomic E-state index is -1.69. The molecule has 4 heterocycles. The molecule has 3 aromatic heterocycles. The summed E-state index contributed by atoms with van der Waals surface area (Å²) in [5.74, 6) is 0.509. The fourth-order valence-corrected chi connectivity index (χ4v) is 3.86. The van der Waals surface area contributed by atoms with Crippen LogP contribution in [0.15, 0.2) is 47.2 Å². The van der Waals surface area contributed by atoms with Crippen LogP contribution in [0.4, 0.5) is 5.82 Å². The summed E-state index contributed by atoms with van der Waals surface area (Å²) in [6, 6.07) is 10.8.